The van der Waals surface area contributed by atoms with Crippen LogP contribution in [0.2, 0.25) is 10.0 Å². The Kier molecular flexibility index (Phi) is 6.43. The topological polar surface area (TPSA) is 29.1 Å². The van der Waals surface area contributed by atoms with E-state index < -0.39 is 0 Å². The van der Waals surface area contributed by atoms with Crippen molar-refractivity contribution in [2.45, 2.75) is 12.3 Å². The summed E-state index contributed by atoms with van der Waals surface area (Å²) in [5, 5.41) is 4.27. The Morgan fingerprint density at radius 1 is 0.952 bits per heavy atom. The zero-order chi connectivity index (χ0) is 15.1. The minimum absolute atomic E-state index is 0.00743. The molecule has 0 atom stereocenters. The fourth-order valence-electron chi connectivity index (χ4n) is 1.76. The van der Waals surface area contributed by atoms with Crippen molar-refractivity contribution in [1.82, 2.24) is 5.32 Å². The number of benzene rings is 2. The summed E-state index contributed by atoms with van der Waals surface area (Å²) in [6, 6.07) is 15.2. The van der Waals surface area contributed by atoms with Crippen LogP contribution in [-0.2, 0) is 17.1 Å². The quantitative estimate of drug-likeness (QED) is 0.836. The molecule has 1 amide bonds. The average Bonchev–Trinajstić information content (AvgIpc) is 2.48. The van der Waals surface area contributed by atoms with Gasteiger partial charge in [-0.2, -0.15) is 0 Å². The Labute approximate surface area is 138 Å². The molecular weight excluding hydrogens is 325 g/mol. The van der Waals surface area contributed by atoms with Gasteiger partial charge >= 0.3 is 0 Å². The molecule has 2 aromatic rings. The van der Waals surface area contributed by atoms with Gasteiger partial charge in [0.1, 0.15) is 0 Å². The second-order valence-corrected chi connectivity index (χ2v) is 6.25. The van der Waals surface area contributed by atoms with Crippen LogP contribution in [0.3, 0.4) is 0 Å². The van der Waals surface area contributed by atoms with E-state index in [2.05, 4.69) is 5.32 Å². The molecule has 0 saturated heterocycles. The van der Waals surface area contributed by atoms with E-state index in [1.807, 2.05) is 48.5 Å². The van der Waals surface area contributed by atoms with E-state index in [1.165, 1.54) is 11.8 Å². The van der Waals surface area contributed by atoms with Crippen LogP contribution in [0.1, 0.15) is 11.1 Å². The molecule has 0 bridgehead atoms. The molecule has 0 aromatic heterocycles. The second-order valence-electron chi connectivity index (χ2n) is 4.45. The normalized spacial score (nSPS) is 10.4. The molecule has 0 aliphatic carbocycles. The third-order valence-corrected chi connectivity index (χ3v) is 4.60. The first-order valence-corrected chi connectivity index (χ1v) is 8.39. The molecule has 0 unspecified atom stereocenters. The smallest absolute Gasteiger partial charge is 0.230 e. The van der Waals surface area contributed by atoms with Crippen molar-refractivity contribution in [3.8, 4) is 0 Å². The zero-order valence-corrected chi connectivity index (χ0v) is 13.6. The Balaban J connectivity index is 1.73. The predicted molar refractivity (Wildman–Crippen MR) is 90.9 cm³/mol. The maximum absolute atomic E-state index is 11.8. The van der Waals surface area contributed by atoms with Gasteiger partial charge in [-0.25, -0.2) is 0 Å². The maximum Gasteiger partial charge on any atom is 0.230 e. The van der Waals surface area contributed by atoms with Gasteiger partial charge in [-0.15, -0.1) is 11.8 Å². The number of carbonyl (C=O) groups is 1. The van der Waals surface area contributed by atoms with Crippen molar-refractivity contribution in [3.63, 3.8) is 0 Å². The highest BCUT2D eigenvalue weighted by Gasteiger charge is 2.05. The minimum atomic E-state index is -0.00743. The summed E-state index contributed by atoms with van der Waals surface area (Å²) >= 11 is 13.6. The summed E-state index contributed by atoms with van der Waals surface area (Å²) in [5.74, 6) is 1.11. The summed E-state index contributed by atoms with van der Waals surface area (Å²) in [4.78, 5) is 11.8. The lowest BCUT2D eigenvalue weighted by Crippen LogP contribution is -2.24. The van der Waals surface area contributed by atoms with Crippen molar-refractivity contribution in [2.24, 2.45) is 0 Å². The third-order valence-electron chi connectivity index (χ3n) is 2.88. The average molecular weight is 340 g/mol. The minimum Gasteiger partial charge on any atom is -0.351 e. The van der Waals surface area contributed by atoms with E-state index in [0.717, 1.165) is 21.9 Å². The number of amides is 1. The Hall–Kier alpha value is -1.16. The number of hydrogen-bond donors (Lipinski definition) is 1. The van der Waals surface area contributed by atoms with Crippen molar-refractivity contribution >= 4 is 40.9 Å². The van der Waals surface area contributed by atoms with Gasteiger partial charge in [0.2, 0.25) is 5.91 Å². The SMILES string of the molecule is O=C(CSCc1ccccc1Cl)NCc1ccccc1Cl. The molecule has 2 nitrogen and oxygen atoms in total. The van der Waals surface area contributed by atoms with Gasteiger partial charge in [0.15, 0.2) is 0 Å². The predicted octanol–water partition coefficient (Wildman–Crippen LogP) is 4.54. The molecule has 0 spiro atoms. The Bertz CT molecular complexity index is 619. The third kappa shape index (κ3) is 5.27. The van der Waals surface area contributed by atoms with E-state index in [0.29, 0.717) is 17.3 Å². The first-order chi connectivity index (χ1) is 10.2. The molecule has 5 heteroatoms. The van der Waals surface area contributed by atoms with Gasteiger partial charge in [-0.3, -0.25) is 4.79 Å². The van der Waals surface area contributed by atoms with Crippen molar-refractivity contribution < 1.29 is 4.79 Å². The van der Waals surface area contributed by atoms with Gasteiger partial charge in [0.25, 0.3) is 0 Å². The molecule has 0 radical (unpaired) electrons. The first-order valence-electron chi connectivity index (χ1n) is 6.48. The van der Waals surface area contributed by atoms with Crippen LogP contribution in [0, 0.1) is 0 Å². The zero-order valence-electron chi connectivity index (χ0n) is 11.3. The van der Waals surface area contributed by atoms with Crippen LogP contribution in [0.25, 0.3) is 0 Å². The molecule has 0 aliphatic heterocycles. The fourth-order valence-corrected chi connectivity index (χ4v) is 3.10. The monoisotopic (exact) mass is 339 g/mol. The number of carbonyl (C=O) groups excluding carboxylic acids is 1. The number of rotatable bonds is 6. The highest BCUT2D eigenvalue weighted by molar-refractivity contribution is 7.99. The summed E-state index contributed by atoms with van der Waals surface area (Å²) in [6.45, 7) is 0.450. The van der Waals surface area contributed by atoms with Gasteiger partial charge in [0, 0.05) is 22.3 Å². The molecule has 0 fully saturated rings. The summed E-state index contributed by atoms with van der Waals surface area (Å²) in [5.41, 5.74) is 1.96. The lowest BCUT2D eigenvalue weighted by molar-refractivity contribution is -0.118. The Morgan fingerprint density at radius 3 is 2.14 bits per heavy atom. The molecule has 110 valence electrons. The Morgan fingerprint density at radius 2 is 1.52 bits per heavy atom. The molecule has 1 N–H and O–H groups in total. The van der Waals surface area contributed by atoms with Gasteiger partial charge in [-0.1, -0.05) is 59.6 Å². The van der Waals surface area contributed by atoms with Crippen LogP contribution in [0.4, 0.5) is 0 Å². The van der Waals surface area contributed by atoms with Crippen LogP contribution in [0.5, 0.6) is 0 Å². The summed E-state index contributed by atoms with van der Waals surface area (Å²) < 4.78 is 0. The lowest BCUT2D eigenvalue weighted by Gasteiger charge is -2.07. The van der Waals surface area contributed by atoms with Crippen LogP contribution in [-0.4, -0.2) is 11.7 Å². The van der Waals surface area contributed by atoms with E-state index >= 15 is 0 Å². The lowest BCUT2D eigenvalue weighted by atomic mass is 10.2. The molecule has 0 saturated carbocycles. The fraction of sp³-hybridized carbons (Fsp3) is 0.188. The summed E-state index contributed by atoms with van der Waals surface area (Å²) in [6.07, 6.45) is 0. The number of nitrogens with one attached hydrogen (secondary N) is 1. The summed E-state index contributed by atoms with van der Waals surface area (Å²) in [7, 11) is 0. The van der Waals surface area contributed by atoms with E-state index in [4.69, 9.17) is 23.2 Å². The largest absolute Gasteiger partial charge is 0.351 e. The highest BCUT2D eigenvalue weighted by atomic mass is 35.5. The maximum atomic E-state index is 11.8. The van der Waals surface area contributed by atoms with Gasteiger partial charge in [0.05, 0.1) is 5.75 Å². The number of thioether (sulfide) groups is 1. The van der Waals surface area contributed by atoms with Crippen LogP contribution < -0.4 is 5.32 Å². The highest BCUT2D eigenvalue weighted by Crippen LogP contribution is 2.20. The standard InChI is InChI=1S/C16H15Cl2NOS/c17-14-7-3-1-5-12(14)9-19-16(20)11-21-10-13-6-2-4-8-15(13)18/h1-8H,9-11H2,(H,19,20). The molecular formula is C16H15Cl2NOS. The van der Waals surface area contributed by atoms with Crippen LogP contribution in [0.15, 0.2) is 48.5 Å². The van der Waals surface area contributed by atoms with Gasteiger partial charge < -0.3 is 5.32 Å². The molecule has 2 aromatic carbocycles. The molecule has 21 heavy (non-hydrogen) atoms. The molecule has 0 heterocycles. The van der Waals surface area contributed by atoms with Crippen molar-refractivity contribution in [1.29, 1.82) is 0 Å². The van der Waals surface area contributed by atoms with E-state index in [-0.39, 0.29) is 5.91 Å². The molecule has 2 rings (SSSR count). The first kappa shape index (κ1) is 16.2. The van der Waals surface area contributed by atoms with Crippen LogP contribution >= 0.6 is 35.0 Å². The van der Waals surface area contributed by atoms with E-state index in [9.17, 15) is 4.79 Å². The second kappa shape index (κ2) is 8.32. The van der Waals surface area contributed by atoms with E-state index in [1.54, 1.807) is 0 Å². The van der Waals surface area contributed by atoms with Crippen molar-refractivity contribution in [2.75, 3.05) is 5.75 Å². The number of halogens is 2. The van der Waals surface area contributed by atoms with Crippen molar-refractivity contribution in [3.05, 3.63) is 69.7 Å². The molecule has 0 aliphatic rings. The van der Waals surface area contributed by atoms with Gasteiger partial charge in [-0.05, 0) is 23.3 Å². The number of hydrogen-bond acceptors (Lipinski definition) is 2.